The molecule has 0 saturated heterocycles. The second-order valence-corrected chi connectivity index (χ2v) is 5.30. The molecule has 0 radical (unpaired) electrons. The fourth-order valence-corrected chi connectivity index (χ4v) is 2.36. The Labute approximate surface area is 98.5 Å². The number of thiophene rings is 1. The van der Waals surface area contributed by atoms with Crippen molar-refractivity contribution in [2.24, 2.45) is 5.73 Å². The molecule has 0 amide bonds. The lowest BCUT2D eigenvalue weighted by Gasteiger charge is -1.96. The molecule has 0 saturated carbocycles. The minimum atomic E-state index is 0.0530. The Bertz CT molecular complexity index is 468. The molecule has 86 valence electrons. The Morgan fingerprint density at radius 1 is 1.50 bits per heavy atom. The second-order valence-electron chi connectivity index (χ2n) is 4.05. The van der Waals surface area contributed by atoms with Crippen LogP contribution in [0.15, 0.2) is 10.6 Å². The SMILES string of the molecule is Cc1cc(-c2nc(CC(C)N)no2)sc1C. The first-order valence-corrected chi connectivity index (χ1v) is 6.03. The van der Waals surface area contributed by atoms with Crippen LogP contribution in [-0.2, 0) is 6.42 Å². The van der Waals surface area contributed by atoms with Crippen molar-refractivity contribution in [1.29, 1.82) is 0 Å². The molecule has 2 aromatic rings. The highest BCUT2D eigenvalue weighted by atomic mass is 32.1. The van der Waals surface area contributed by atoms with E-state index in [-0.39, 0.29) is 6.04 Å². The van der Waals surface area contributed by atoms with Gasteiger partial charge in [0.25, 0.3) is 5.89 Å². The summed E-state index contributed by atoms with van der Waals surface area (Å²) in [5, 5.41) is 3.91. The van der Waals surface area contributed by atoms with Crippen molar-refractivity contribution in [1.82, 2.24) is 10.1 Å². The van der Waals surface area contributed by atoms with Crippen LogP contribution in [0.1, 0.15) is 23.2 Å². The quantitative estimate of drug-likeness (QED) is 0.889. The van der Waals surface area contributed by atoms with Gasteiger partial charge in [0.2, 0.25) is 0 Å². The maximum Gasteiger partial charge on any atom is 0.268 e. The van der Waals surface area contributed by atoms with Gasteiger partial charge in [-0.25, -0.2) is 0 Å². The van der Waals surface area contributed by atoms with Crippen molar-refractivity contribution < 1.29 is 4.52 Å². The van der Waals surface area contributed by atoms with Gasteiger partial charge in [-0.3, -0.25) is 0 Å². The van der Waals surface area contributed by atoms with Crippen LogP contribution < -0.4 is 5.73 Å². The highest BCUT2D eigenvalue weighted by Crippen LogP contribution is 2.29. The Morgan fingerprint density at radius 2 is 2.25 bits per heavy atom. The van der Waals surface area contributed by atoms with E-state index in [9.17, 15) is 0 Å². The molecule has 2 rings (SSSR count). The van der Waals surface area contributed by atoms with Gasteiger partial charge in [-0.1, -0.05) is 5.16 Å². The van der Waals surface area contributed by atoms with E-state index >= 15 is 0 Å². The number of hydrogen-bond donors (Lipinski definition) is 1. The fraction of sp³-hybridized carbons (Fsp3) is 0.455. The summed E-state index contributed by atoms with van der Waals surface area (Å²) in [4.78, 5) is 6.63. The standard InChI is InChI=1S/C11H15N3OS/c1-6-4-9(16-8(6)3)11-13-10(14-15-11)5-7(2)12/h4,7H,5,12H2,1-3H3. The minimum absolute atomic E-state index is 0.0530. The summed E-state index contributed by atoms with van der Waals surface area (Å²) in [5.74, 6) is 1.27. The van der Waals surface area contributed by atoms with Crippen LogP contribution in [0.2, 0.25) is 0 Å². The summed E-state index contributed by atoms with van der Waals surface area (Å²) < 4.78 is 5.21. The third-order valence-corrected chi connectivity index (χ3v) is 3.49. The van der Waals surface area contributed by atoms with E-state index in [0.717, 1.165) is 4.88 Å². The van der Waals surface area contributed by atoms with E-state index in [2.05, 4.69) is 30.1 Å². The van der Waals surface area contributed by atoms with E-state index in [0.29, 0.717) is 18.1 Å². The summed E-state index contributed by atoms with van der Waals surface area (Å²) in [5.41, 5.74) is 6.94. The van der Waals surface area contributed by atoms with Gasteiger partial charge in [0.05, 0.1) is 4.88 Å². The summed E-state index contributed by atoms with van der Waals surface area (Å²) in [6.45, 7) is 6.09. The lowest BCUT2D eigenvalue weighted by molar-refractivity contribution is 0.421. The Balaban J connectivity index is 2.24. The Hall–Kier alpha value is -1.20. The molecule has 2 heterocycles. The van der Waals surface area contributed by atoms with E-state index in [1.807, 2.05) is 6.92 Å². The number of nitrogens with zero attached hydrogens (tertiary/aromatic N) is 2. The molecule has 0 aliphatic heterocycles. The predicted octanol–water partition coefficient (Wildman–Crippen LogP) is 2.30. The molecule has 0 aliphatic rings. The lowest BCUT2D eigenvalue weighted by Crippen LogP contribution is -2.18. The van der Waals surface area contributed by atoms with Crippen molar-refractivity contribution in [3.05, 3.63) is 22.3 Å². The molecule has 16 heavy (non-hydrogen) atoms. The van der Waals surface area contributed by atoms with Crippen molar-refractivity contribution in [3.8, 4) is 10.8 Å². The van der Waals surface area contributed by atoms with Crippen molar-refractivity contribution in [2.45, 2.75) is 33.2 Å². The van der Waals surface area contributed by atoms with Crippen LogP contribution >= 0.6 is 11.3 Å². The van der Waals surface area contributed by atoms with Crippen LogP contribution in [0, 0.1) is 13.8 Å². The molecule has 5 heteroatoms. The maximum atomic E-state index is 5.68. The largest absolute Gasteiger partial charge is 0.333 e. The van der Waals surface area contributed by atoms with Crippen molar-refractivity contribution in [3.63, 3.8) is 0 Å². The monoisotopic (exact) mass is 237 g/mol. The molecule has 1 atom stereocenters. The molecular weight excluding hydrogens is 222 g/mol. The third-order valence-electron chi connectivity index (χ3n) is 2.35. The zero-order chi connectivity index (χ0) is 11.7. The maximum absolute atomic E-state index is 5.68. The third kappa shape index (κ3) is 2.31. The lowest BCUT2D eigenvalue weighted by atomic mass is 10.2. The van der Waals surface area contributed by atoms with Crippen LogP contribution in [0.25, 0.3) is 10.8 Å². The second kappa shape index (κ2) is 4.35. The summed E-state index contributed by atoms with van der Waals surface area (Å²) in [6, 6.07) is 2.13. The van der Waals surface area contributed by atoms with E-state index in [1.54, 1.807) is 11.3 Å². The molecule has 0 aliphatic carbocycles. The zero-order valence-electron chi connectivity index (χ0n) is 9.65. The van der Waals surface area contributed by atoms with Crippen molar-refractivity contribution in [2.75, 3.05) is 0 Å². The topological polar surface area (TPSA) is 64.9 Å². The van der Waals surface area contributed by atoms with Gasteiger partial charge in [-0.2, -0.15) is 4.98 Å². The molecule has 2 N–H and O–H groups in total. The van der Waals surface area contributed by atoms with E-state index in [1.165, 1.54) is 10.4 Å². The van der Waals surface area contributed by atoms with Gasteiger partial charge in [0.15, 0.2) is 5.82 Å². The smallest absolute Gasteiger partial charge is 0.268 e. The van der Waals surface area contributed by atoms with E-state index < -0.39 is 0 Å². The van der Waals surface area contributed by atoms with Crippen LogP contribution in [0.4, 0.5) is 0 Å². The number of hydrogen-bond acceptors (Lipinski definition) is 5. The van der Waals surface area contributed by atoms with Gasteiger partial charge < -0.3 is 10.3 Å². The first kappa shape index (κ1) is 11.3. The van der Waals surface area contributed by atoms with Gasteiger partial charge in [0, 0.05) is 17.3 Å². The number of nitrogens with two attached hydrogens (primary N) is 1. The normalized spacial score (nSPS) is 13.0. The van der Waals surface area contributed by atoms with Gasteiger partial charge in [-0.15, -0.1) is 11.3 Å². The Morgan fingerprint density at radius 3 is 2.81 bits per heavy atom. The average molecular weight is 237 g/mol. The number of aryl methyl sites for hydroxylation is 2. The molecule has 0 aromatic carbocycles. The van der Waals surface area contributed by atoms with Crippen molar-refractivity contribution >= 4 is 11.3 Å². The average Bonchev–Trinajstić information content (AvgIpc) is 2.74. The molecule has 4 nitrogen and oxygen atoms in total. The molecule has 2 aromatic heterocycles. The molecule has 1 unspecified atom stereocenters. The highest BCUT2D eigenvalue weighted by molar-refractivity contribution is 7.15. The fourth-order valence-electron chi connectivity index (χ4n) is 1.40. The minimum Gasteiger partial charge on any atom is -0.333 e. The first-order chi connectivity index (χ1) is 7.56. The van der Waals surface area contributed by atoms with Gasteiger partial charge in [-0.05, 0) is 32.4 Å². The van der Waals surface area contributed by atoms with Crippen LogP contribution in [-0.4, -0.2) is 16.2 Å². The molecule has 0 spiro atoms. The summed E-state index contributed by atoms with van der Waals surface area (Å²) in [7, 11) is 0. The number of aromatic nitrogens is 2. The predicted molar refractivity (Wildman–Crippen MR) is 64.4 cm³/mol. The van der Waals surface area contributed by atoms with Gasteiger partial charge in [0.1, 0.15) is 0 Å². The molecule has 0 fully saturated rings. The zero-order valence-corrected chi connectivity index (χ0v) is 10.5. The summed E-state index contributed by atoms with van der Waals surface area (Å²) >= 11 is 1.67. The number of rotatable bonds is 3. The van der Waals surface area contributed by atoms with Crippen LogP contribution in [0.5, 0.6) is 0 Å². The molecule has 0 bridgehead atoms. The Kier molecular flexibility index (Phi) is 3.07. The molecular formula is C11H15N3OS. The highest BCUT2D eigenvalue weighted by Gasteiger charge is 2.12. The first-order valence-electron chi connectivity index (χ1n) is 5.22. The summed E-state index contributed by atoms with van der Waals surface area (Å²) in [6.07, 6.45) is 0.646. The van der Waals surface area contributed by atoms with Crippen LogP contribution in [0.3, 0.4) is 0 Å². The van der Waals surface area contributed by atoms with Gasteiger partial charge >= 0.3 is 0 Å². The van der Waals surface area contributed by atoms with E-state index in [4.69, 9.17) is 10.3 Å².